The van der Waals surface area contributed by atoms with E-state index in [-0.39, 0.29) is 5.91 Å². The number of hydrogen-bond donors (Lipinski definition) is 1. The molecule has 0 fully saturated rings. The quantitative estimate of drug-likeness (QED) is 0.531. The fourth-order valence-corrected chi connectivity index (χ4v) is 1.44. The van der Waals surface area contributed by atoms with Crippen LogP contribution in [0.25, 0.3) is 0 Å². The van der Waals surface area contributed by atoms with E-state index < -0.39 is 12.0 Å². The number of nitrogens with one attached hydrogen (secondary N) is 1. The summed E-state index contributed by atoms with van der Waals surface area (Å²) >= 11 is 1.50. The summed E-state index contributed by atoms with van der Waals surface area (Å²) in [7, 11) is 1.30. The van der Waals surface area contributed by atoms with Crippen LogP contribution in [0.4, 0.5) is 0 Å². The molecule has 0 aromatic carbocycles. The Bertz CT molecular complexity index is 218. The van der Waals surface area contributed by atoms with Crippen molar-refractivity contribution in [3.63, 3.8) is 0 Å². The van der Waals surface area contributed by atoms with Gasteiger partial charge in [0.05, 0.1) is 7.11 Å². The summed E-state index contributed by atoms with van der Waals surface area (Å²) in [5, 5.41) is 4.22. The maximum absolute atomic E-state index is 11.2. The molecule has 0 aromatic rings. The van der Waals surface area contributed by atoms with Crippen LogP contribution in [-0.4, -0.2) is 30.8 Å². The molecule has 0 aliphatic rings. The Labute approximate surface area is 88.1 Å². The van der Waals surface area contributed by atoms with Gasteiger partial charge in [0.15, 0.2) is 0 Å². The number of carbonyl (C=O) groups excluding carboxylic acids is 2. The van der Waals surface area contributed by atoms with Crippen LogP contribution >= 0.6 is 11.8 Å². The van der Waals surface area contributed by atoms with Crippen molar-refractivity contribution in [2.45, 2.75) is 19.4 Å². The van der Waals surface area contributed by atoms with E-state index in [4.69, 9.17) is 0 Å². The van der Waals surface area contributed by atoms with Crippen molar-refractivity contribution in [1.82, 2.24) is 5.32 Å². The van der Waals surface area contributed by atoms with Crippen LogP contribution in [0.1, 0.15) is 13.3 Å². The topological polar surface area (TPSA) is 55.4 Å². The number of thioether (sulfide) groups is 1. The molecule has 1 N–H and O–H groups in total. The SMILES string of the molecule is C=CSCC[C@H](NC(C)=O)C(=O)OC. The Kier molecular flexibility index (Phi) is 6.92. The highest BCUT2D eigenvalue weighted by atomic mass is 32.2. The standard InChI is InChI=1S/C9H15NO3S/c1-4-14-6-5-8(9(12)13-3)10-7(2)11/h4,8H,1,5-6H2,2-3H3,(H,10,11)/t8-/m0/s1. The van der Waals surface area contributed by atoms with Gasteiger partial charge in [-0.2, -0.15) is 0 Å². The van der Waals surface area contributed by atoms with Gasteiger partial charge in [-0.15, -0.1) is 11.8 Å². The Morgan fingerprint density at radius 2 is 2.29 bits per heavy atom. The molecule has 0 saturated heterocycles. The van der Waals surface area contributed by atoms with Crippen LogP contribution in [0.3, 0.4) is 0 Å². The van der Waals surface area contributed by atoms with Gasteiger partial charge in [-0.1, -0.05) is 6.58 Å². The first-order valence-electron chi connectivity index (χ1n) is 4.19. The maximum Gasteiger partial charge on any atom is 0.328 e. The van der Waals surface area contributed by atoms with Crippen molar-refractivity contribution in [2.24, 2.45) is 0 Å². The Morgan fingerprint density at radius 3 is 2.71 bits per heavy atom. The summed E-state index contributed by atoms with van der Waals surface area (Å²) in [6.07, 6.45) is 0.545. The smallest absolute Gasteiger partial charge is 0.328 e. The second kappa shape index (κ2) is 7.44. The average Bonchev–Trinajstić information content (AvgIpc) is 2.15. The highest BCUT2D eigenvalue weighted by Gasteiger charge is 2.18. The fourth-order valence-electron chi connectivity index (χ4n) is 0.906. The minimum Gasteiger partial charge on any atom is -0.467 e. The largest absolute Gasteiger partial charge is 0.467 e. The molecule has 1 atom stereocenters. The lowest BCUT2D eigenvalue weighted by Crippen LogP contribution is -2.40. The number of amides is 1. The molecule has 0 unspecified atom stereocenters. The predicted octanol–water partition coefficient (Wildman–Crippen LogP) is 0.931. The monoisotopic (exact) mass is 217 g/mol. The summed E-state index contributed by atoms with van der Waals surface area (Å²) in [6.45, 7) is 4.91. The third kappa shape index (κ3) is 5.64. The maximum atomic E-state index is 11.2. The van der Waals surface area contributed by atoms with Crippen LogP contribution in [0.2, 0.25) is 0 Å². The summed E-state index contributed by atoms with van der Waals surface area (Å²) < 4.78 is 4.56. The molecule has 0 aromatic heterocycles. The van der Waals surface area contributed by atoms with E-state index in [1.54, 1.807) is 5.41 Å². The molecule has 1 amide bonds. The molecule has 0 aliphatic carbocycles. The second-order valence-corrected chi connectivity index (χ2v) is 3.68. The lowest BCUT2D eigenvalue weighted by Gasteiger charge is -2.14. The van der Waals surface area contributed by atoms with Gasteiger partial charge in [-0.3, -0.25) is 4.79 Å². The molecular formula is C9H15NO3S. The third-order valence-corrected chi connectivity index (χ3v) is 2.21. The molecular weight excluding hydrogens is 202 g/mol. The van der Waals surface area contributed by atoms with Gasteiger partial charge in [0.25, 0.3) is 0 Å². The highest BCUT2D eigenvalue weighted by molar-refractivity contribution is 8.02. The number of carbonyl (C=O) groups is 2. The van der Waals surface area contributed by atoms with Gasteiger partial charge in [0.2, 0.25) is 5.91 Å². The fraction of sp³-hybridized carbons (Fsp3) is 0.556. The summed E-state index contributed by atoms with van der Waals surface area (Å²) in [5.41, 5.74) is 0. The van der Waals surface area contributed by atoms with E-state index in [0.29, 0.717) is 6.42 Å². The minimum atomic E-state index is -0.551. The molecule has 0 aliphatic heterocycles. The van der Waals surface area contributed by atoms with Gasteiger partial charge in [0.1, 0.15) is 6.04 Å². The van der Waals surface area contributed by atoms with E-state index >= 15 is 0 Å². The second-order valence-electron chi connectivity index (χ2n) is 2.60. The molecule has 0 rings (SSSR count). The predicted molar refractivity (Wildman–Crippen MR) is 56.9 cm³/mol. The van der Waals surface area contributed by atoms with Crippen LogP contribution in [0.5, 0.6) is 0 Å². The van der Waals surface area contributed by atoms with E-state index in [1.807, 2.05) is 0 Å². The molecule has 0 bridgehead atoms. The molecule has 14 heavy (non-hydrogen) atoms. The Morgan fingerprint density at radius 1 is 1.64 bits per heavy atom. The summed E-state index contributed by atoms with van der Waals surface area (Å²) in [6, 6.07) is -0.551. The molecule has 0 radical (unpaired) electrons. The third-order valence-electron chi connectivity index (χ3n) is 1.51. The van der Waals surface area contributed by atoms with Gasteiger partial charge >= 0.3 is 5.97 Å². The van der Waals surface area contributed by atoms with Crippen molar-refractivity contribution in [1.29, 1.82) is 0 Å². The molecule has 0 heterocycles. The van der Waals surface area contributed by atoms with E-state index in [1.165, 1.54) is 25.8 Å². The van der Waals surface area contributed by atoms with Crippen LogP contribution < -0.4 is 5.32 Å². The number of rotatable bonds is 6. The van der Waals surface area contributed by atoms with Crippen LogP contribution in [0.15, 0.2) is 12.0 Å². The first-order valence-corrected chi connectivity index (χ1v) is 5.24. The molecule has 4 nitrogen and oxygen atoms in total. The molecule has 5 heteroatoms. The van der Waals surface area contributed by atoms with Crippen molar-refractivity contribution >= 4 is 23.6 Å². The normalized spacial score (nSPS) is 11.6. The number of ether oxygens (including phenoxy) is 1. The van der Waals surface area contributed by atoms with Crippen molar-refractivity contribution in [2.75, 3.05) is 12.9 Å². The van der Waals surface area contributed by atoms with E-state index in [2.05, 4.69) is 16.6 Å². The zero-order valence-electron chi connectivity index (χ0n) is 8.41. The number of methoxy groups -OCH3 is 1. The molecule has 0 spiro atoms. The van der Waals surface area contributed by atoms with Crippen molar-refractivity contribution in [3.05, 3.63) is 12.0 Å². The first-order chi connectivity index (χ1) is 6.61. The van der Waals surface area contributed by atoms with Crippen LogP contribution in [-0.2, 0) is 14.3 Å². The van der Waals surface area contributed by atoms with Gasteiger partial charge in [-0.25, -0.2) is 4.79 Å². The highest BCUT2D eigenvalue weighted by Crippen LogP contribution is 2.06. The average molecular weight is 217 g/mol. The van der Waals surface area contributed by atoms with Gasteiger partial charge < -0.3 is 10.1 Å². The zero-order valence-corrected chi connectivity index (χ0v) is 9.23. The van der Waals surface area contributed by atoms with Crippen molar-refractivity contribution in [3.8, 4) is 0 Å². The summed E-state index contributed by atoms with van der Waals surface area (Å²) in [5.74, 6) is 0.0812. The van der Waals surface area contributed by atoms with E-state index in [0.717, 1.165) is 5.75 Å². The lowest BCUT2D eigenvalue weighted by atomic mass is 10.2. The van der Waals surface area contributed by atoms with Gasteiger partial charge in [0, 0.05) is 6.92 Å². The zero-order chi connectivity index (χ0) is 11.0. The van der Waals surface area contributed by atoms with Crippen LogP contribution in [0, 0.1) is 0 Å². The minimum absolute atomic E-state index is 0.232. The number of hydrogen-bond acceptors (Lipinski definition) is 4. The lowest BCUT2D eigenvalue weighted by molar-refractivity contribution is -0.144. The van der Waals surface area contributed by atoms with E-state index in [9.17, 15) is 9.59 Å². The first kappa shape index (κ1) is 13.0. The Hall–Kier alpha value is -0.970. The Balaban J connectivity index is 4.03. The molecule has 80 valence electrons. The number of esters is 1. The summed E-state index contributed by atoms with van der Waals surface area (Å²) in [4.78, 5) is 21.9. The van der Waals surface area contributed by atoms with Crippen molar-refractivity contribution < 1.29 is 14.3 Å². The van der Waals surface area contributed by atoms with Gasteiger partial charge in [-0.05, 0) is 17.6 Å². The molecule has 0 saturated carbocycles.